The van der Waals surface area contributed by atoms with E-state index in [0.29, 0.717) is 0 Å². The van der Waals surface area contributed by atoms with E-state index in [9.17, 15) is 18.3 Å². The lowest BCUT2D eigenvalue weighted by Crippen LogP contribution is -2.06. The third-order valence-corrected chi connectivity index (χ3v) is 1.67. The number of aliphatic hydroxyl groups is 1. The number of hydrogen-bond donors (Lipinski definition) is 2. The standard InChI is InChI=1S/C8H10F3NO2/c9-8(10,11)7-2-1-6(14-7)5(13)3-4-12/h1-2,5,13H,3-4,12H2/t5-/m0/s1. The van der Waals surface area contributed by atoms with Gasteiger partial charge in [-0.05, 0) is 25.1 Å². The molecule has 1 heterocycles. The van der Waals surface area contributed by atoms with Crippen LogP contribution in [0.5, 0.6) is 0 Å². The Morgan fingerprint density at radius 3 is 2.50 bits per heavy atom. The summed E-state index contributed by atoms with van der Waals surface area (Å²) in [5.41, 5.74) is 5.14. The van der Waals surface area contributed by atoms with Crippen LogP contribution in [0, 0.1) is 0 Å². The molecule has 0 spiro atoms. The zero-order valence-electron chi connectivity index (χ0n) is 7.21. The Labute approximate surface area is 78.3 Å². The SMILES string of the molecule is NCC[C@H](O)c1ccc(C(F)(F)F)o1. The molecule has 0 saturated carbocycles. The normalized spacial score (nSPS) is 14.4. The van der Waals surface area contributed by atoms with Crippen LogP contribution in [0.4, 0.5) is 13.2 Å². The molecule has 1 aromatic rings. The van der Waals surface area contributed by atoms with Crippen LogP contribution in [-0.2, 0) is 6.18 Å². The summed E-state index contributed by atoms with van der Waals surface area (Å²) < 4.78 is 40.6. The molecule has 0 bridgehead atoms. The van der Waals surface area contributed by atoms with Crippen molar-refractivity contribution in [3.05, 3.63) is 23.7 Å². The quantitative estimate of drug-likeness (QED) is 0.796. The van der Waals surface area contributed by atoms with E-state index in [4.69, 9.17) is 5.73 Å². The highest BCUT2D eigenvalue weighted by atomic mass is 19.4. The lowest BCUT2D eigenvalue weighted by molar-refractivity contribution is -0.154. The minimum Gasteiger partial charge on any atom is -0.454 e. The molecule has 1 atom stereocenters. The first-order valence-corrected chi connectivity index (χ1v) is 4.00. The van der Waals surface area contributed by atoms with Gasteiger partial charge >= 0.3 is 6.18 Å². The number of halogens is 3. The molecule has 6 heteroatoms. The molecule has 0 aromatic carbocycles. The van der Waals surface area contributed by atoms with Gasteiger partial charge in [0.15, 0.2) is 0 Å². The number of aliphatic hydroxyl groups excluding tert-OH is 1. The second-order valence-electron chi connectivity index (χ2n) is 2.79. The fourth-order valence-corrected chi connectivity index (χ4v) is 0.984. The van der Waals surface area contributed by atoms with Crippen LogP contribution in [0.3, 0.4) is 0 Å². The second-order valence-corrected chi connectivity index (χ2v) is 2.79. The summed E-state index contributed by atoms with van der Waals surface area (Å²) in [5.74, 6) is -1.22. The lowest BCUT2D eigenvalue weighted by atomic mass is 10.2. The Morgan fingerprint density at radius 1 is 1.43 bits per heavy atom. The maximum atomic E-state index is 12.1. The summed E-state index contributed by atoms with van der Waals surface area (Å²) in [6, 6.07) is 1.89. The van der Waals surface area contributed by atoms with Crippen LogP contribution in [0.25, 0.3) is 0 Å². The van der Waals surface area contributed by atoms with E-state index in [-0.39, 0.29) is 18.7 Å². The zero-order valence-corrected chi connectivity index (χ0v) is 7.21. The molecular formula is C8H10F3NO2. The Kier molecular flexibility index (Phi) is 3.17. The predicted octanol–water partition coefficient (Wildman–Crippen LogP) is 1.68. The fraction of sp³-hybridized carbons (Fsp3) is 0.500. The zero-order chi connectivity index (χ0) is 10.8. The Morgan fingerprint density at radius 2 is 2.07 bits per heavy atom. The summed E-state index contributed by atoms with van der Waals surface area (Å²) in [6.45, 7) is 0.184. The minimum atomic E-state index is -4.51. The molecule has 0 aliphatic rings. The molecule has 1 aromatic heterocycles. The highest BCUT2D eigenvalue weighted by Crippen LogP contribution is 2.32. The van der Waals surface area contributed by atoms with Gasteiger partial charge in [-0.1, -0.05) is 0 Å². The Bertz CT molecular complexity index is 295. The second kappa shape index (κ2) is 4.02. The molecule has 0 aliphatic heterocycles. The van der Waals surface area contributed by atoms with E-state index in [1.807, 2.05) is 0 Å². The molecular weight excluding hydrogens is 199 g/mol. The van der Waals surface area contributed by atoms with Crippen LogP contribution in [0.15, 0.2) is 16.5 Å². The van der Waals surface area contributed by atoms with E-state index in [0.717, 1.165) is 12.1 Å². The van der Waals surface area contributed by atoms with Gasteiger partial charge in [-0.25, -0.2) is 0 Å². The van der Waals surface area contributed by atoms with Gasteiger partial charge in [0.05, 0.1) is 0 Å². The summed E-state index contributed by atoms with van der Waals surface area (Å²) in [5, 5.41) is 9.26. The molecule has 0 amide bonds. The van der Waals surface area contributed by atoms with Crippen LogP contribution < -0.4 is 5.73 Å². The van der Waals surface area contributed by atoms with Crippen LogP contribution in [0.2, 0.25) is 0 Å². The van der Waals surface area contributed by atoms with Crippen molar-refractivity contribution < 1.29 is 22.7 Å². The first-order chi connectivity index (χ1) is 6.45. The molecule has 0 fully saturated rings. The van der Waals surface area contributed by atoms with Gasteiger partial charge in [0, 0.05) is 0 Å². The fourth-order valence-electron chi connectivity index (χ4n) is 0.984. The molecule has 0 radical (unpaired) electrons. The summed E-state index contributed by atoms with van der Waals surface area (Å²) in [7, 11) is 0. The summed E-state index contributed by atoms with van der Waals surface area (Å²) in [4.78, 5) is 0. The van der Waals surface area contributed by atoms with E-state index in [1.165, 1.54) is 0 Å². The molecule has 0 saturated heterocycles. The maximum Gasteiger partial charge on any atom is 0.449 e. The highest BCUT2D eigenvalue weighted by Gasteiger charge is 2.35. The average molecular weight is 209 g/mol. The number of alkyl halides is 3. The van der Waals surface area contributed by atoms with Gasteiger partial charge in [-0.2, -0.15) is 13.2 Å². The van der Waals surface area contributed by atoms with Crippen LogP contribution in [0.1, 0.15) is 24.0 Å². The largest absolute Gasteiger partial charge is 0.454 e. The number of nitrogens with two attached hydrogens (primary N) is 1. The molecule has 3 N–H and O–H groups in total. The monoisotopic (exact) mass is 209 g/mol. The van der Waals surface area contributed by atoms with Crippen molar-refractivity contribution in [3.8, 4) is 0 Å². The number of furan rings is 1. The van der Waals surface area contributed by atoms with Crippen LogP contribution in [-0.4, -0.2) is 11.7 Å². The highest BCUT2D eigenvalue weighted by molar-refractivity contribution is 5.11. The van der Waals surface area contributed by atoms with Gasteiger partial charge in [0.25, 0.3) is 0 Å². The van der Waals surface area contributed by atoms with E-state index in [1.54, 1.807) is 0 Å². The van der Waals surface area contributed by atoms with Crippen molar-refractivity contribution in [2.75, 3.05) is 6.54 Å². The third-order valence-electron chi connectivity index (χ3n) is 1.67. The smallest absolute Gasteiger partial charge is 0.449 e. The van der Waals surface area contributed by atoms with E-state index >= 15 is 0 Å². The predicted molar refractivity (Wildman–Crippen MR) is 42.3 cm³/mol. The van der Waals surface area contributed by atoms with Crippen molar-refractivity contribution in [3.63, 3.8) is 0 Å². The van der Waals surface area contributed by atoms with Gasteiger partial charge in [-0.15, -0.1) is 0 Å². The molecule has 80 valence electrons. The van der Waals surface area contributed by atoms with E-state index < -0.39 is 18.0 Å². The van der Waals surface area contributed by atoms with Crippen molar-refractivity contribution in [2.45, 2.75) is 18.7 Å². The molecule has 1 rings (SSSR count). The first-order valence-electron chi connectivity index (χ1n) is 4.00. The maximum absolute atomic E-state index is 12.1. The Hall–Kier alpha value is -1.01. The van der Waals surface area contributed by atoms with Gasteiger partial charge in [0.2, 0.25) is 5.76 Å². The van der Waals surface area contributed by atoms with E-state index in [2.05, 4.69) is 4.42 Å². The third kappa shape index (κ3) is 2.49. The molecule has 0 unspecified atom stereocenters. The van der Waals surface area contributed by atoms with Gasteiger partial charge in [-0.3, -0.25) is 0 Å². The number of rotatable bonds is 3. The topological polar surface area (TPSA) is 59.4 Å². The van der Waals surface area contributed by atoms with Crippen LogP contribution >= 0.6 is 0 Å². The molecule has 0 aliphatic carbocycles. The summed E-state index contributed by atoms with van der Waals surface area (Å²) >= 11 is 0. The van der Waals surface area contributed by atoms with Crippen molar-refractivity contribution in [2.24, 2.45) is 5.73 Å². The lowest BCUT2D eigenvalue weighted by Gasteiger charge is -2.05. The van der Waals surface area contributed by atoms with Crippen molar-refractivity contribution in [1.29, 1.82) is 0 Å². The van der Waals surface area contributed by atoms with Gasteiger partial charge < -0.3 is 15.3 Å². The summed E-state index contributed by atoms with van der Waals surface area (Å²) in [6.07, 6.45) is -5.41. The van der Waals surface area contributed by atoms with Crippen molar-refractivity contribution >= 4 is 0 Å². The first kappa shape index (κ1) is 11.1. The average Bonchev–Trinajstić information content (AvgIpc) is 2.51. The molecule has 14 heavy (non-hydrogen) atoms. The van der Waals surface area contributed by atoms with Crippen molar-refractivity contribution in [1.82, 2.24) is 0 Å². The number of hydrogen-bond acceptors (Lipinski definition) is 3. The molecule has 3 nitrogen and oxygen atoms in total. The Balaban J connectivity index is 2.78. The van der Waals surface area contributed by atoms with Gasteiger partial charge in [0.1, 0.15) is 11.9 Å². The minimum absolute atomic E-state index is 0.109.